The summed E-state index contributed by atoms with van der Waals surface area (Å²) in [5.74, 6) is -0.198. The maximum Gasteiger partial charge on any atom is 0.573 e. The molecule has 0 saturated carbocycles. The summed E-state index contributed by atoms with van der Waals surface area (Å²) in [5.41, 5.74) is 1.69. The first kappa shape index (κ1) is 22.2. The number of amides is 1. The third-order valence-corrected chi connectivity index (χ3v) is 4.30. The predicted octanol–water partition coefficient (Wildman–Crippen LogP) is 5.37. The van der Waals surface area contributed by atoms with E-state index in [2.05, 4.69) is 35.9 Å². The van der Waals surface area contributed by atoms with Crippen LogP contribution >= 0.6 is 0 Å². The number of ether oxygens (including phenoxy) is 2. The molecule has 0 atom stereocenters. The molecule has 1 amide bonds. The zero-order chi connectivity index (χ0) is 22.6. The van der Waals surface area contributed by atoms with Crippen molar-refractivity contribution in [2.24, 2.45) is 0 Å². The molecule has 2 aromatic carbocycles. The highest BCUT2D eigenvalue weighted by molar-refractivity contribution is 6.02. The molecule has 0 fully saturated rings. The second kappa shape index (κ2) is 8.71. The molecule has 6 nitrogen and oxygen atoms in total. The number of halogens is 3. The molecule has 0 bridgehead atoms. The molecule has 0 aliphatic carbocycles. The molecule has 0 aliphatic heterocycles. The van der Waals surface area contributed by atoms with E-state index in [0.717, 1.165) is 12.1 Å². The highest BCUT2D eigenvalue weighted by Gasteiger charge is 2.31. The first-order valence-electron chi connectivity index (χ1n) is 9.43. The Balaban J connectivity index is 1.54. The summed E-state index contributed by atoms with van der Waals surface area (Å²) in [6.07, 6.45) is -3.17. The Morgan fingerprint density at radius 2 is 1.58 bits per heavy atom. The molecule has 3 rings (SSSR count). The molecule has 0 aliphatic rings. The van der Waals surface area contributed by atoms with Gasteiger partial charge >= 0.3 is 6.36 Å². The Kier molecular flexibility index (Phi) is 6.24. The molecule has 0 radical (unpaired) electrons. The summed E-state index contributed by atoms with van der Waals surface area (Å²) in [7, 11) is 0. The lowest BCUT2D eigenvalue weighted by Gasteiger charge is -2.19. The normalized spacial score (nSPS) is 11.8. The van der Waals surface area contributed by atoms with E-state index < -0.39 is 12.3 Å². The van der Waals surface area contributed by atoms with Crippen molar-refractivity contribution in [1.29, 1.82) is 0 Å². The van der Waals surface area contributed by atoms with Crippen molar-refractivity contribution >= 4 is 11.6 Å². The van der Waals surface area contributed by atoms with Gasteiger partial charge in [-0.2, -0.15) is 5.10 Å². The molecule has 3 aromatic rings. The first-order chi connectivity index (χ1) is 14.5. The molecule has 0 saturated heterocycles. The third-order valence-electron chi connectivity index (χ3n) is 4.30. The summed E-state index contributed by atoms with van der Waals surface area (Å²) >= 11 is 0. The number of hydrogen-bond acceptors (Lipinski definition) is 4. The van der Waals surface area contributed by atoms with E-state index in [-0.39, 0.29) is 23.6 Å². The van der Waals surface area contributed by atoms with Crippen LogP contribution in [0.25, 0.3) is 0 Å². The number of alkyl halides is 3. The summed E-state index contributed by atoms with van der Waals surface area (Å²) in [5, 5.41) is 6.71. The van der Waals surface area contributed by atoms with Gasteiger partial charge in [0.05, 0.1) is 0 Å². The Hall–Kier alpha value is -3.49. The number of carbonyl (C=O) groups is 1. The second-order valence-electron chi connectivity index (χ2n) is 7.81. The average Bonchev–Trinajstić information content (AvgIpc) is 3.16. The summed E-state index contributed by atoms with van der Waals surface area (Å²) in [4.78, 5) is 12.3. The average molecular weight is 433 g/mol. The number of anilines is 1. The third kappa shape index (κ3) is 6.50. The quantitative estimate of drug-likeness (QED) is 0.568. The minimum atomic E-state index is -4.77. The molecule has 164 valence electrons. The predicted molar refractivity (Wildman–Crippen MR) is 109 cm³/mol. The number of benzene rings is 2. The van der Waals surface area contributed by atoms with Crippen molar-refractivity contribution < 1.29 is 27.4 Å². The van der Waals surface area contributed by atoms with Crippen LogP contribution in [0, 0.1) is 0 Å². The second-order valence-corrected chi connectivity index (χ2v) is 7.81. The van der Waals surface area contributed by atoms with Gasteiger partial charge in [-0.3, -0.25) is 4.79 Å². The topological polar surface area (TPSA) is 65.4 Å². The minimum Gasteiger partial charge on any atom is -0.471 e. The number of nitrogens with zero attached hydrogens (tertiary/aromatic N) is 2. The van der Waals surface area contributed by atoms with Gasteiger partial charge in [0, 0.05) is 11.9 Å². The smallest absolute Gasteiger partial charge is 0.471 e. The zero-order valence-electron chi connectivity index (χ0n) is 17.2. The fourth-order valence-corrected chi connectivity index (χ4v) is 2.68. The van der Waals surface area contributed by atoms with Crippen molar-refractivity contribution in [2.45, 2.75) is 39.3 Å². The van der Waals surface area contributed by atoms with E-state index in [9.17, 15) is 18.0 Å². The van der Waals surface area contributed by atoms with Gasteiger partial charge in [-0.05, 0) is 53.4 Å². The fourth-order valence-electron chi connectivity index (χ4n) is 2.68. The van der Waals surface area contributed by atoms with Crippen molar-refractivity contribution in [3.05, 3.63) is 72.1 Å². The molecule has 1 aromatic heterocycles. The van der Waals surface area contributed by atoms with Crippen LogP contribution in [0.1, 0.15) is 36.8 Å². The maximum absolute atomic E-state index is 12.3. The molecule has 1 heterocycles. The van der Waals surface area contributed by atoms with Gasteiger partial charge in [-0.1, -0.05) is 32.9 Å². The van der Waals surface area contributed by atoms with Crippen LogP contribution < -0.4 is 14.8 Å². The Bertz CT molecular complexity index is 1020. The lowest BCUT2D eigenvalue weighted by atomic mass is 9.87. The molecule has 0 unspecified atom stereocenters. The molecule has 1 N–H and O–H groups in total. The number of hydrogen-bond donors (Lipinski definition) is 1. The van der Waals surface area contributed by atoms with Gasteiger partial charge in [0.2, 0.25) is 0 Å². The highest BCUT2D eigenvalue weighted by atomic mass is 19.4. The molecule has 0 spiro atoms. The van der Waals surface area contributed by atoms with Crippen LogP contribution in [0.2, 0.25) is 0 Å². The van der Waals surface area contributed by atoms with Crippen molar-refractivity contribution in [2.75, 3.05) is 5.32 Å². The lowest BCUT2D eigenvalue weighted by Crippen LogP contribution is -2.17. The maximum atomic E-state index is 12.3. The van der Waals surface area contributed by atoms with Crippen molar-refractivity contribution in [3.63, 3.8) is 0 Å². The standard InChI is InChI=1S/C22H22F3N3O3/c1-21(2,3)15-4-8-17(9-5-15)30-14-28-13-12-19(27-28)20(29)26-16-6-10-18(11-7-16)31-22(23,24)25/h4-13H,14H2,1-3H3,(H,26,29). The molecular formula is C22H22F3N3O3. The first-order valence-corrected chi connectivity index (χ1v) is 9.43. The molecule has 31 heavy (non-hydrogen) atoms. The monoisotopic (exact) mass is 433 g/mol. The zero-order valence-corrected chi connectivity index (χ0v) is 17.2. The van der Waals surface area contributed by atoms with Gasteiger partial charge in [0.25, 0.3) is 5.91 Å². The van der Waals surface area contributed by atoms with Crippen LogP contribution in [0.5, 0.6) is 11.5 Å². The van der Waals surface area contributed by atoms with Crippen LogP contribution in [0.4, 0.5) is 18.9 Å². The molecular weight excluding hydrogens is 411 g/mol. The van der Waals surface area contributed by atoms with Gasteiger partial charge in [-0.15, -0.1) is 13.2 Å². The Morgan fingerprint density at radius 3 is 2.16 bits per heavy atom. The highest BCUT2D eigenvalue weighted by Crippen LogP contribution is 2.25. The number of carbonyl (C=O) groups excluding carboxylic acids is 1. The van der Waals surface area contributed by atoms with E-state index in [0.29, 0.717) is 11.4 Å². The number of rotatable bonds is 6. The minimum absolute atomic E-state index is 0.0501. The van der Waals surface area contributed by atoms with Crippen molar-refractivity contribution in [1.82, 2.24) is 9.78 Å². The summed E-state index contributed by atoms with van der Waals surface area (Å²) < 4.78 is 47.5. The van der Waals surface area contributed by atoms with Crippen LogP contribution in [-0.2, 0) is 12.1 Å². The molecule has 9 heteroatoms. The van der Waals surface area contributed by atoms with E-state index in [4.69, 9.17) is 4.74 Å². The van der Waals surface area contributed by atoms with E-state index in [1.807, 2.05) is 24.3 Å². The lowest BCUT2D eigenvalue weighted by molar-refractivity contribution is -0.274. The van der Waals surface area contributed by atoms with Gasteiger partial charge < -0.3 is 14.8 Å². The Labute approximate surface area is 177 Å². The van der Waals surface area contributed by atoms with Crippen molar-refractivity contribution in [3.8, 4) is 11.5 Å². The van der Waals surface area contributed by atoms with Gasteiger partial charge in [0.15, 0.2) is 12.4 Å². The SMILES string of the molecule is CC(C)(C)c1ccc(OCn2ccc(C(=O)Nc3ccc(OC(F)(F)F)cc3)n2)cc1. The summed E-state index contributed by atoms with van der Waals surface area (Å²) in [6.45, 7) is 6.50. The number of nitrogens with one attached hydrogen (secondary N) is 1. The van der Waals surface area contributed by atoms with Gasteiger partial charge in [-0.25, -0.2) is 4.68 Å². The van der Waals surface area contributed by atoms with Crippen LogP contribution in [0.3, 0.4) is 0 Å². The van der Waals surface area contributed by atoms with E-state index in [1.165, 1.54) is 28.4 Å². The summed E-state index contributed by atoms with van der Waals surface area (Å²) in [6, 6.07) is 14.1. The van der Waals surface area contributed by atoms with E-state index in [1.54, 1.807) is 6.20 Å². The van der Waals surface area contributed by atoms with Crippen LogP contribution in [-0.4, -0.2) is 22.1 Å². The fraction of sp³-hybridized carbons (Fsp3) is 0.273. The van der Waals surface area contributed by atoms with Crippen LogP contribution in [0.15, 0.2) is 60.8 Å². The van der Waals surface area contributed by atoms with E-state index >= 15 is 0 Å². The number of aromatic nitrogens is 2. The van der Waals surface area contributed by atoms with Gasteiger partial charge in [0.1, 0.15) is 11.5 Å². The Morgan fingerprint density at radius 1 is 0.968 bits per heavy atom. The largest absolute Gasteiger partial charge is 0.573 e.